The smallest absolute Gasteiger partial charge is 0.280 e. The Balaban J connectivity index is 1.59. The van der Waals surface area contributed by atoms with Crippen molar-refractivity contribution in [2.75, 3.05) is 11.3 Å². The Hall–Kier alpha value is -3.50. The van der Waals surface area contributed by atoms with Gasteiger partial charge in [-0.25, -0.2) is 13.8 Å². The largest absolute Gasteiger partial charge is 0.385 e. The Kier molecular flexibility index (Phi) is 7.74. The molecular weight excluding hydrogens is 448 g/mol. The number of rotatable bonds is 9. The summed E-state index contributed by atoms with van der Waals surface area (Å²) in [7, 11) is -3.77. The highest BCUT2D eigenvalue weighted by Crippen LogP contribution is 2.19. The molecule has 8 nitrogen and oxygen atoms in total. The van der Waals surface area contributed by atoms with E-state index in [-0.39, 0.29) is 11.5 Å². The quantitative estimate of drug-likeness (QED) is 0.367. The summed E-state index contributed by atoms with van der Waals surface area (Å²) in [6.07, 6.45) is 1.35. The second-order valence-corrected chi connectivity index (χ2v) is 9.36. The van der Waals surface area contributed by atoms with E-state index in [1.165, 1.54) is 29.7 Å². The van der Waals surface area contributed by atoms with E-state index in [4.69, 9.17) is 4.84 Å². The van der Waals surface area contributed by atoms with Crippen molar-refractivity contribution >= 4 is 44.9 Å². The number of hydrazone groups is 1. The number of carbonyl (C=O) groups excluding carboxylic acids is 1. The summed E-state index contributed by atoms with van der Waals surface area (Å²) in [6, 6.07) is 17.1. The Morgan fingerprint density at radius 3 is 2.56 bits per heavy atom. The lowest BCUT2D eigenvalue weighted by molar-refractivity contribution is -0.125. The van der Waals surface area contributed by atoms with Gasteiger partial charge >= 0.3 is 0 Å². The van der Waals surface area contributed by atoms with Gasteiger partial charge in [-0.2, -0.15) is 5.10 Å². The minimum Gasteiger partial charge on any atom is -0.385 e. The topological polar surface area (TPSA) is 109 Å². The number of sulfonamides is 1. The third-order valence-electron chi connectivity index (χ3n) is 4.20. The zero-order valence-corrected chi connectivity index (χ0v) is 19.1. The van der Waals surface area contributed by atoms with Gasteiger partial charge in [0.25, 0.3) is 15.9 Å². The first-order chi connectivity index (χ1) is 15.3. The first-order valence-corrected chi connectivity index (χ1v) is 11.9. The minimum atomic E-state index is -3.77. The van der Waals surface area contributed by atoms with Crippen molar-refractivity contribution in [1.82, 2.24) is 5.43 Å². The Morgan fingerprint density at radius 1 is 1.09 bits per heavy atom. The number of nitrogens with zero attached hydrogens (tertiary/aromatic N) is 2. The fraction of sp³-hybridized carbons (Fsp3) is 0.136. The third kappa shape index (κ3) is 6.50. The number of anilines is 1. The standard InChI is InChI=1S/C22H22N4O4S2/c1-16-9-11-19(12-10-16)32(28,29)26-20-7-4-3-6-18(20)14-23-24-22(27)15-30-25-17(2)21-8-5-13-31-21/h3-14,26H,15H2,1-2H3,(H,24,27)/b23-14+,25-17+. The van der Waals surface area contributed by atoms with Crippen LogP contribution in [0, 0.1) is 6.92 Å². The molecule has 32 heavy (non-hydrogen) atoms. The molecule has 1 amide bonds. The van der Waals surface area contributed by atoms with Crippen LogP contribution in [0.2, 0.25) is 0 Å². The highest BCUT2D eigenvalue weighted by Gasteiger charge is 2.15. The van der Waals surface area contributed by atoms with Crippen LogP contribution in [-0.2, 0) is 19.7 Å². The van der Waals surface area contributed by atoms with Crippen LogP contribution in [-0.4, -0.2) is 32.9 Å². The van der Waals surface area contributed by atoms with Gasteiger partial charge in [0.1, 0.15) is 0 Å². The highest BCUT2D eigenvalue weighted by molar-refractivity contribution is 7.92. The van der Waals surface area contributed by atoms with Crippen LogP contribution < -0.4 is 10.1 Å². The van der Waals surface area contributed by atoms with E-state index in [1.54, 1.807) is 43.3 Å². The van der Waals surface area contributed by atoms with Crippen molar-refractivity contribution in [2.24, 2.45) is 10.3 Å². The van der Waals surface area contributed by atoms with Gasteiger partial charge in [-0.1, -0.05) is 47.1 Å². The number of hydrogen-bond acceptors (Lipinski definition) is 7. The van der Waals surface area contributed by atoms with E-state index in [2.05, 4.69) is 20.4 Å². The molecule has 0 saturated heterocycles. The molecule has 3 rings (SSSR count). The van der Waals surface area contributed by atoms with Crippen molar-refractivity contribution in [3.8, 4) is 0 Å². The van der Waals surface area contributed by atoms with Crippen LogP contribution in [0.4, 0.5) is 5.69 Å². The molecule has 166 valence electrons. The van der Waals surface area contributed by atoms with Crippen molar-refractivity contribution in [1.29, 1.82) is 0 Å². The van der Waals surface area contributed by atoms with E-state index in [0.29, 0.717) is 17.0 Å². The normalized spacial score (nSPS) is 12.0. The molecule has 0 aliphatic rings. The second kappa shape index (κ2) is 10.7. The number of oxime groups is 1. The van der Waals surface area contributed by atoms with Crippen molar-refractivity contribution in [3.63, 3.8) is 0 Å². The van der Waals surface area contributed by atoms with Gasteiger partial charge in [-0.15, -0.1) is 11.3 Å². The average molecular weight is 471 g/mol. The molecule has 0 atom stereocenters. The summed E-state index contributed by atoms with van der Waals surface area (Å²) < 4.78 is 27.9. The van der Waals surface area contributed by atoms with E-state index >= 15 is 0 Å². The zero-order valence-electron chi connectivity index (χ0n) is 17.5. The minimum absolute atomic E-state index is 0.152. The van der Waals surface area contributed by atoms with Gasteiger partial charge in [-0.05, 0) is 43.5 Å². The number of hydrogen-bond donors (Lipinski definition) is 2. The number of carbonyl (C=O) groups is 1. The van der Waals surface area contributed by atoms with Gasteiger partial charge in [0.2, 0.25) is 0 Å². The third-order valence-corrected chi connectivity index (χ3v) is 6.56. The van der Waals surface area contributed by atoms with Crippen LogP contribution >= 0.6 is 11.3 Å². The van der Waals surface area contributed by atoms with Crippen molar-refractivity contribution < 1.29 is 18.0 Å². The molecule has 2 aromatic carbocycles. The molecule has 3 aromatic rings. The summed E-state index contributed by atoms with van der Waals surface area (Å²) in [4.78, 5) is 18.1. The molecule has 0 radical (unpaired) electrons. The summed E-state index contributed by atoms with van der Waals surface area (Å²) in [5.41, 5.74) is 4.78. The van der Waals surface area contributed by atoms with E-state index < -0.39 is 15.9 Å². The molecule has 0 aliphatic carbocycles. The highest BCUT2D eigenvalue weighted by atomic mass is 32.2. The molecule has 10 heteroatoms. The van der Waals surface area contributed by atoms with Crippen LogP contribution in [0.15, 0.2) is 81.2 Å². The number of aryl methyl sites for hydroxylation is 1. The molecule has 1 aromatic heterocycles. The lowest BCUT2D eigenvalue weighted by Crippen LogP contribution is -2.22. The number of para-hydroxylation sites is 1. The number of amides is 1. The molecule has 0 saturated carbocycles. The first kappa shape index (κ1) is 23.2. The summed E-state index contributed by atoms with van der Waals surface area (Å²) in [6.45, 7) is 3.37. The molecular formula is C22H22N4O4S2. The first-order valence-electron chi connectivity index (χ1n) is 9.56. The molecule has 0 unspecified atom stereocenters. The van der Waals surface area contributed by atoms with E-state index in [0.717, 1.165) is 10.4 Å². The van der Waals surface area contributed by atoms with Gasteiger partial charge in [0.15, 0.2) is 6.61 Å². The van der Waals surface area contributed by atoms with Crippen LogP contribution in [0.1, 0.15) is 22.9 Å². The SMILES string of the molecule is C/C(=N\OCC(=O)N/N=C/c1ccccc1NS(=O)(=O)c1ccc(C)cc1)c1cccs1. The average Bonchev–Trinajstić information content (AvgIpc) is 3.30. The number of thiophene rings is 1. The van der Waals surface area contributed by atoms with Gasteiger partial charge < -0.3 is 4.84 Å². The van der Waals surface area contributed by atoms with Crippen LogP contribution in [0.3, 0.4) is 0 Å². The zero-order chi connectivity index (χ0) is 23.0. The molecule has 0 spiro atoms. The van der Waals surface area contributed by atoms with Gasteiger partial charge in [-0.3, -0.25) is 9.52 Å². The lowest BCUT2D eigenvalue weighted by Gasteiger charge is -2.10. The fourth-order valence-corrected chi connectivity index (χ4v) is 4.30. The Morgan fingerprint density at radius 2 is 1.84 bits per heavy atom. The molecule has 0 aliphatic heterocycles. The number of benzene rings is 2. The van der Waals surface area contributed by atoms with Crippen molar-refractivity contribution in [3.05, 3.63) is 82.0 Å². The number of nitrogens with one attached hydrogen (secondary N) is 2. The summed E-state index contributed by atoms with van der Waals surface area (Å²) >= 11 is 1.52. The molecule has 0 bridgehead atoms. The Bertz CT molecular complexity index is 1220. The fourth-order valence-electron chi connectivity index (χ4n) is 2.55. The Labute approximate surface area is 190 Å². The summed E-state index contributed by atoms with van der Waals surface area (Å²) in [5.74, 6) is -0.498. The molecule has 2 N–H and O–H groups in total. The maximum Gasteiger partial charge on any atom is 0.280 e. The second-order valence-electron chi connectivity index (χ2n) is 6.73. The predicted molar refractivity (Wildman–Crippen MR) is 127 cm³/mol. The van der Waals surface area contributed by atoms with Gasteiger partial charge in [0.05, 0.1) is 27.4 Å². The monoisotopic (exact) mass is 470 g/mol. The van der Waals surface area contributed by atoms with Crippen LogP contribution in [0.25, 0.3) is 0 Å². The van der Waals surface area contributed by atoms with Gasteiger partial charge in [0, 0.05) is 5.56 Å². The molecule has 0 fully saturated rings. The van der Waals surface area contributed by atoms with Crippen molar-refractivity contribution in [2.45, 2.75) is 18.7 Å². The maximum atomic E-state index is 12.7. The van der Waals surface area contributed by atoms with Crippen LogP contribution in [0.5, 0.6) is 0 Å². The predicted octanol–water partition coefficient (Wildman–Crippen LogP) is 3.75. The maximum absolute atomic E-state index is 12.7. The van der Waals surface area contributed by atoms with E-state index in [9.17, 15) is 13.2 Å². The molecule has 1 heterocycles. The summed E-state index contributed by atoms with van der Waals surface area (Å²) in [5, 5.41) is 9.70. The van der Waals surface area contributed by atoms with E-state index in [1.807, 2.05) is 24.4 Å². The lowest BCUT2D eigenvalue weighted by atomic mass is 10.2.